The van der Waals surface area contributed by atoms with E-state index in [1.165, 1.54) is 6.92 Å². The van der Waals surface area contributed by atoms with Crippen molar-refractivity contribution in [2.24, 2.45) is 17.4 Å². The second-order valence-electron chi connectivity index (χ2n) is 17.5. The van der Waals surface area contributed by atoms with E-state index in [1.807, 2.05) is 0 Å². The molecule has 0 spiro atoms. The van der Waals surface area contributed by atoms with Crippen LogP contribution in [0, 0.1) is 5.92 Å². The van der Waals surface area contributed by atoms with Crippen LogP contribution in [0.1, 0.15) is 84.6 Å². The highest BCUT2D eigenvalue weighted by molar-refractivity contribution is 5.98. The Morgan fingerprint density at radius 1 is 0.625 bits per heavy atom. The lowest BCUT2D eigenvalue weighted by Crippen LogP contribution is -2.61. The van der Waals surface area contributed by atoms with E-state index < -0.39 is 152 Å². The van der Waals surface area contributed by atoms with Crippen molar-refractivity contribution in [1.82, 2.24) is 47.5 Å². The van der Waals surface area contributed by atoms with Crippen molar-refractivity contribution in [3.8, 4) is 0 Å². The number of aromatic nitrogens is 1. The number of carbonyl (C=O) groups is 11. The quantitative estimate of drug-likeness (QED) is 0.0302. The highest BCUT2D eigenvalue weighted by Crippen LogP contribution is 2.20. The molecule has 400 valence electrons. The van der Waals surface area contributed by atoms with Gasteiger partial charge in [0, 0.05) is 36.4 Å². The van der Waals surface area contributed by atoms with Crippen molar-refractivity contribution in [3.05, 3.63) is 36.0 Å². The Balaban J connectivity index is 2.24. The number of hydrogen-bond acceptors (Lipinski definition) is 15. The van der Waals surface area contributed by atoms with E-state index in [0.29, 0.717) is 17.4 Å². The number of nitrogens with two attached hydrogens (primary N) is 2. The Hall–Kier alpha value is -7.23. The molecule has 18 N–H and O–H groups in total. The summed E-state index contributed by atoms with van der Waals surface area (Å²) in [5.41, 5.74) is 12.6. The molecule has 0 aliphatic rings. The maximum Gasteiger partial charge on any atom is 0.326 e. The standard InChI is InChI=1S/C45H69N11O16/c1-22(2)17-32(45(71)72)54-42(68)31(18-25-19-48-28-10-6-5-9-26(25)28)53-43(69)33(21-57)55-38(64)23(3)50-40(66)29(11-7-8-16-46)51-41(67)30(13-15-36(62)63)52-44(70)37(24(4)58)56-34(59)20-49-39(65)27(47)12-14-35(60)61/h5-6,9-10,19,22-24,27,29-33,37,48,57-58H,7-8,11-18,20-21,46-47H2,1-4H3,(H,49,65)(H,50,66)(H,51,67)(H,52,70)(H,53,69)(H,54,68)(H,55,64)(H,56,59)(H,60,61)(H,62,63)(H,71,72)/t23-,24+,27-,29-,30-,31-,32-,33-,37-/m0/s1. The third kappa shape index (κ3) is 21.0. The third-order valence-electron chi connectivity index (χ3n) is 11.0. The minimum atomic E-state index is -1.77. The highest BCUT2D eigenvalue weighted by atomic mass is 16.4. The Labute approximate surface area is 414 Å². The number of aliphatic carboxylic acids is 3. The number of aromatic amines is 1. The first-order chi connectivity index (χ1) is 33.9. The summed E-state index contributed by atoms with van der Waals surface area (Å²) < 4.78 is 0. The molecule has 2 aromatic rings. The molecule has 0 fully saturated rings. The van der Waals surface area contributed by atoms with Gasteiger partial charge in [0.05, 0.1) is 25.3 Å². The van der Waals surface area contributed by atoms with Crippen LogP contribution in [-0.4, -0.2) is 170 Å². The lowest BCUT2D eigenvalue weighted by molar-refractivity contribution is -0.143. The molecule has 8 amide bonds. The number of benzene rings is 1. The summed E-state index contributed by atoms with van der Waals surface area (Å²) in [5, 5.41) is 68.0. The van der Waals surface area contributed by atoms with Crippen LogP contribution in [0.2, 0.25) is 0 Å². The Bertz CT molecular complexity index is 2220. The molecule has 27 nitrogen and oxygen atoms in total. The van der Waals surface area contributed by atoms with Gasteiger partial charge in [-0.05, 0) is 76.5 Å². The van der Waals surface area contributed by atoms with Gasteiger partial charge in [-0.3, -0.25) is 47.9 Å². The van der Waals surface area contributed by atoms with Crippen LogP contribution in [0.15, 0.2) is 30.5 Å². The predicted molar refractivity (Wildman–Crippen MR) is 255 cm³/mol. The number of para-hydroxylation sites is 1. The van der Waals surface area contributed by atoms with Crippen molar-refractivity contribution < 1.29 is 78.3 Å². The van der Waals surface area contributed by atoms with E-state index in [-0.39, 0.29) is 44.6 Å². The summed E-state index contributed by atoms with van der Waals surface area (Å²) in [4.78, 5) is 144. The maximum absolute atomic E-state index is 13.7. The average molecular weight is 1020 g/mol. The molecule has 0 radical (unpaired) electrons. The number of unbranched alkanes of at least 4 members (excludes halogenated alkanes) is 1. The zero-order valence-electron chi connectivity index (χ0n) is 40.5. The molecule has 0 bridgehead atoms. The number of aliphatic hydroxyl groups is 2. The van der Waals surface area contributed by atoms with Crippen molar-refractivity contribution in [2.75, 3.05) is 19.7 Å². The number of fused-ring (bicyclic) bond motifs is 1. The van der Waals surface area contributed by atoms with Gasteiger partial charge >= 0.3 is 17.9 Å². The molecule has 27 heteroatoms. The first kappa shape index (κ1) is 60.9. The molecule has 72 heavy (non-hydrogen) atoms. The van der Waals surface area contributed by atoms with Gasteiger partial charge in [0.25, 0.3) is 0 Å². The van der Waals surface area contributed by atoms with E-state index in [4.69, 9.17) is 16.6 Å². The Morgan fingerprint density at radius 3 is 1.76 bits per heavy atom. The zero-order chi connectivity index (χ0) is 54.2. The van der Waals surface area contributed by atoms with E-state index >= 15 is 0 Å². The number of H-pyrrole nitrogens is 1. The Morgan fingerprint density at radius 2 is 1.17 bits per heavy atom. The SMILES string of the molecule is CC(C)C[C@H](NC(=O)[C@H](Cc1c[nH]c2ccccc12)NC(=O)[C@H](CO)NC(=O)[C@H](C)NC(=O)[C@H](CCCCN)NC(=O)[C@H](CCC(=O)O)NC(=O)[C@@H](NC(=O)CNC(=O)[C@@H](N)CCC(=O)O)[C@@H](C)O)C(=O)O. The summed E-state index contributed by atoms with van der Waals surface area (Å²) in [5.74, 6) is -12.0. The number of carbonyl (C=O) groups excluding carboxylic acids is 8. The molecule has 1 heterocycles. The number of amides is 8. The number of aliphatic hydroxyl groups excluding tert-OH is 2. The monoisotopic (exact) mass is 1020 g/mol. The van der Waals surface area contributed by atoms with Crippen molar-refractivity contribution in [3.63, 3.8) is 0 Å². The number of rotatable bonds is 33. The number of hydrogen-bond donors (Lipinski definition) is 16. The molecule has 0 saturated carbocycles. The van der Waals surface area contributed by atoms with Crippen LogP contribution < -0.4 is 54.0 Å². The van der Waals surface area contributed by atoms with Gasteiger partial charge in [-0.15, -0.1) is 0 Å². The largest absolute Gasteiger partial charge is 0.481 e. The molecular formula is C45H69N11O16. The number of carboxylic acid groups (broad SMARTS) is 3. The van der Waals surface area contributed by atoms with Gasteiger partial charge in [0.15, 0.2) is 0 Å². The molecule has 9 atom stereocenters. The predicted octanol–water partition coefficient (Wildman–Crippen LogP) is -4.07. The fourth-order valence-electron chi connectivity index (χ4n) is 7.01. The lowest BCUT2D eigenvalue weighted by atomic mass is 10.0. The van der Waals surface area contributed by atoms with Gasteiger partial charge in [0.2, 0.25) is 47.3 Å². The van der Waals surface area contributed by atoms with E-state index in [9.17, 15) is 73.2 Å². The Kier molecular flexibility index (Phi) is 25.8. The van der Waals surface area contributed by atoms with Crippen molar-refractivity contribution in [1.29, 1.82) is 0 Å². The molecule has 0 aliphatic heterocycles. The molecule has 1 aromatic heterocycles. The second kappa shape index (κ2) is 30.5. The number of carboxylic acids is 3. The first-order valence-electron chi connectivity index (χ1n) is 23.2. The van der Waals surface area contributed by atoms with E-state index in [2.05, 4.69) is 47.5 Å². The fourth-order valence-corrected chi connectivity index (χ4v) is 7.01. The summed E-state index contributed by atoms with van der Waals surface area (Å²) in [7, 11) is 0. The lowest BCUT2D eigenvalue weighted by Gasteiger charge is -2.27. The van der Waals surface area contributed by atoms with Crippen molar-refractivity contribution >= 4 is 76.1 Å². The fraction of sp³-hybridized carbons (Fsp3) is 0.578. The summed E-state index contributed by atoms with van der Waals surface area (Å²) >= 11 is 0. The van der Waals surface area contributed by atoms with Crippen LogP contribution in [0.3, 0.4) is 0 Å². The van der Waals surface area contributed by atoms with Gasteiger partial charge in [-0.1, -0.05) is 32.0 Å². The maximum atomic E-state index is 13.7. The molecule has 2 rings (SSSR count). The third-order valence-corrected chi connectivity index (χ3v) is 11.0. The van der Waals surface area contributed by atoms with Crippen LogP contribution >= 0.6 is 0 Å². The average Bonchev–Trinajstić information content (AvgIpc) is 3.72. The van der Waals surface area contributed by atoms with Gasteiger partial charge in [0.1, 0.15) is 42.3 Å². The van der Waals surface area contributed by atoms with Crippen LogP contribution in [0.4, 0.5) is 0 Å². The normalized spacial score (nSPS) is 14.9. The second-order valence-corrected chi connectivity index (χ2v) is 17.5. The minimum absolute atomic E-state index is 0.0711. The van der Waals surface area contributed by atoms with Gasteiger partial charge < -0.3 is 84.5 Å². The van der Waals surface area contributed by atoms with Crippen LogP contribution in [0.5, 0.6) is 0 Å². The topological polar surface area (TPSA) is 453 Å². The van der Waals surface area contributed by atoms with E-state index in [0.717, 1.165) is 12.4 Å². The van der Waals surface area contributed by atoms with E-state index in [1.54, 1.807) is 44.3 Å². The van der Waals surface area contributed by atoms with Gasteiger partial charge in [-0.25, -0.2) is 4.79 Å². The minimum Gasteiger partial charge on any atom is -0.481 e. The van der Waals surface area contributed by atoms with Crippen LogP contribution in [0.25, 0.3) is 10.9 Å². The zero-order valence-corrected chi connectivity index (χ0v) is 40.5. The molecular weight excluding hydrogens is 951 g/mol. The highest BCUT2D eigenvalue weighted by Gasteiger charge is 2.35. The molecule has 1 aromatic carbocycles. The smallest absolute Gasteiger partial charge is 0.326 e. The summed E-state index contributed by atoms with van der Waals surface area (Å²) in [6.45, 7) is 4.27. The first-order valence-corrected chi connectivity index (χ1v) is 23.2. The summed E-state index contributed by atoms with van der Waals surface area (Å²) in [6, 6.07) is -4.99. The molecule has 0 unspecified atom stereocenters. The van der Waals surface area contributed by atoms with Crippen LogP contribution in [-0.2, 0) is 59.2 Å². The number of nitrogens with one attached hydrogen (secondary N) is 9. The summed E-state index contributed by atoms with van der Waals surface area (Å²) in [6.07, 6.45) is -1.48. The molecule has 0 saturated heterocycles. The van der Waals surface area contributed by atoms with Gasteiger partial charge in [-0.2, -0.15) is 0 Å². The molecule has 0 aliphatic carbocycles. The van der Waals surface area contributed by atoms with Crippen molar-refractivity contribution in [2.45, 2.75) is 140 Å².